The zero-order valence-corrected chi connectivity index (χ0v) is 13.9. The second-order valence-corrected chi connectivity index (χ2v) is 4.07. The number of carbonyl (C=O) groups is 1. The fourth-order valence-electron chi connectivity index (χ4n) is 0.726. The van der Waals surface area contributed by atoms with Gasteiger partial charge in [-0.25, -0.2) is 8.42 Å². The summed E-state index contributed by atoms with van der Waals surface area (Å²) in [6.45, 7) is 3.09. The number of hydrogen-bond acceptors (Lipinski definition) is 4. The molecule has 2 N–H and O–H groups in total. The van der Waals surface area contributed by atoms with Crippen LogP contribution in [0.25, 0.3) is 6.08 Å². The molecule has 7 heteroatoms. The van der Waals surface area contributed by atoms with E-state index >= 15 is 0 Å². The smallest absolute Gasteiger partial charge is 0.744 e. The number of nitrogens with two attached hydrogens (primary N) is 1. The fraction of sp³-hybridized carbons (Fsp3) is 0. The van der Waals surface area contributed by atoms with E-state index in [0.29, 0.717) is 11.0 Å². The third-order valence-electron chi connectivity index (χ3n) is 1.43. The van der Waals surface area contributed by atoms with Gasteiger partial charge in [0.1, 0.15) is 10.1 Å². The molecule has 0 aliphatic heterocycles. The van der Waals surface area contributed by atoms with Crippen molar-refractivity contribution in [2.75, 3.05) is 0 Å². The topological polar surface area (TPSA) is 100 Å². The molecule has 0 atom stereocenters. The largest absolute Gasteiger partial charge is 1.00 e. The van der Waals surface area contributed by atoms with Crippen molar-refractivity contribution in [1.29, 1.82) is 0 Å². The van der Waals surface area contributed by atoms with E-state index in [1.54, 1.807) is 24.3 Å². The molecule has 0 saturated carbocycles. The predicted molar refractivity (Wildman–Crippen MR) is 64.6 cm³/mol. The standard InChI is InChI=1S/C8H8O3S.C3H5NO.K/c9-12(10,11)7-6-8-4-2-1-3-5-8;1-2-3(4)5;/h1-7H,(H,9,10,11);2H,1H2,(H2,4,5);/q;;+1/p-1. The summed E-state index contributed by atoms with van der Waals surface area (Å²) in [6.07, 6.45) is 2.32. The van der Waals surface area contributed by atoms with Crippen LogP contribution in [0.2, 0.25) is 0 Å². The van der Waals surface area contributed by atoms with Gasteiger partial charge >= 0.3 is 51.4 Å². The fourth-order valence-corrected chi connectivity index (χ4v) is 1.05. The van der Waals surface area contributed by atoms with E-state index in [2.05, 4.69) is 12.3 Å². The van der Waals surface area contributed by atoms with Crippen molar-refractivity contribution in [2.45, 2.75) is 0 Å². The van der Waals surface area contributed by atoms with Crippen LogP contribution in [0.3, 0.4) is 0 Å². The van der Waals surface area contributed by atoms with Gasteiger partial charge in [0.15, 0.2) is 0 Å². The SMILES string of the molecule is C=CC(N)=O.O=S(=O)([O-])C=Cc1ccccc1.[K+]. The van der Waals surface area contributed by atoms with Gasteiger partial charge < -0.3 is 10.3 Å². The van der Waals surface area contributed by atoms with Crippen molar-refractivity contribution in [3.8, 4) is 0 Å². The first kappa shape index (κ1) is 20.0. The maximum atomic E-state index is 10.2. The van der Waals surface area contributed by atoms with Crippen LogP contribution in [0, 0.1) is 0 Å². The van der Waals surface area contributed by atoms with Gasteiger partial charge in [-0.05, 0) is 17.7 Å². The minimum absolute atomic E-state index is 0. The molecule has 0 aliphatic rings. The number of hydrogen-bond donors (Lipinski definition) is 1. The Hall–Kier alpha value is -0.284. The Morgan fingerprint density at radius 3 is 2.06 bits per heavy atom. The Morgan fingerprint density at radius 1 is 1.28 bits per heavy atom. The molecule has 0 fully saturated rings. The zero-order chi connectivity index (χ0) is 13.3. The van der Waals surface area contributed by atoms with Crippen LogP contribution in [-0.4, -0.2) is 18.9 Å². The van der Waals surface area contributed by atoms with Crippen LogP contribution in [-0.2, 0) is 14.9 Å². The minimum atomic E-state index is -4.25. The Morgan fingerprint density at radius 2 is 1.72 bits per heavy atom. The van der Waals surface area contributed by atoms with Crippen molar-refractivity contribution in [1.82, 2.24) is 0 Å². The van der Waals surface area contributed by atoms with E-state index in [-0.39, 0.29) is 51.4 Å². The van der Waals surface area contributed by atoms with Crippen LogP contribution in [0.4, 0.5) is 0 Å². The maximum Gasteiger partial charge on any atom is 1.00 e. The molecule has 0 aromatic heterocycles. The molecule has 0 spiro atoms. The molecule has 1 amide bonds. The van der Waals surface area contributed by atoms with E-state index in [4.69, 9.17) is 0 Å². The van der Waals surface area contributed by atoms with Crippen LogP contribution >= 0.6 is 0 Å². The summed E-state index contributed by atoms with van der Waals surface area (Å²) in [4.78, 5) is 9.47. The quantitative estimate of drug-likeness (QED) is 0.390. The summed E-state index contributed by atoms with van der Waals surface area (Å²) >= 11 is 0. The van der Waals surface area contributed by atoms with Gasteiger partial charge in [-0.2, -0.15) is 0 Å². The zero-order valence-electron chi connectivity index (χ0n) is 9.94. The summed E-state index contributed by atoms with van der Waals surface area (Å²) in [5.74, 6) is -0.481. The number of benzene rings is 1. The normalized spacial score (nSPS) is 9.83. The maximum absolute atomic E-state index is 10.2. The molecule has 0 bridgehead atoms. The van der Waals surface area contributed by atoms with E-state index in [9.17, 15) is 17.8 Å². The Kier molecular flexibility index (Phi) is 11.8. The predicted octanol–water partition coefficient (Wildman–Crippen LogP) is -2.14. The number of primary amides is 1. The monoisotopic (exact) mass is 293 g/mol. The van der Waals surface area contributed by atoms with Crippen LogP contribution in [0.5, 0.6) is 0 Å². The second-order valence-electron chi connectivity index (χ2n) is 2.81. The summed E-state index contributed by atoms with van der Waals surface area (Å²) in [5.41, 5.74) is 5.23. The van der Waals surface area contributed by atoms with Crippen molar-refractivity contribution < 1.29 is 69.1 Å². The average Bonchev–Trinajstić information content (AvgIpc) is 2.28. The van der Waals surface area contributed by atoms with E-state index in [1.165, 1.54) is 6.08 Å². The molecule has 0 radical (unpaired) electrons. The first-order valence-electron chi connectivity index (χ1n) is 4.46. The third-order valence-corrected chi connectivity index (χ3v) is 1.90. The molecule has 1 rings (SSSR count). The Labute approximate surface area is 149 Å². The Balaban J connectivity index is 0. The van der Waals surface area contributed by atoms with Crippen LogP contribution in [0.1, 0.15) is 5.56 Å². The molecule has 0 aliphatic carbocycles. The first-order chi connectivity index (χ1) is 7.85. The molecule has 5 nitrogen and oxygen atoms in total. The summed E-state index contributed by atoms with van der Waals surface area (Å²) in [5, 5.41) is 0.641. The average molecular weight is 293 g/mol. The molecule has 0 unspecified atom stereocenters. The van der Waals surface area contributed by atoms with E-state index in [1.807, 2.05) is 6.07 Å². The summed E-state index contributed by atoms with van der Waals surface area (Å²) in [6, 6.07) is 8.75. The van der Waals surface area contributed by atoms with Gasteiger partial charge in [-0.1, -0.05) is 36.9 Å². The van der Waals surface area contributed by atoms with Crippen molar-refractivity contribution in [2.24, 2.45) is 5.73 Å². The van der Waals surface area contributed by atoms with Gasteiger partial charge in [0.05, 0.1) is 0 Å². The first-order valence-corrected chi connectivity index (χ1v) is 5.93. The molecular formula is C11H12KNO4S. The van der Waals surface area contributed by atoms with Gasteiger partial charge in [0.25, 0.3) is 0 Å². The molecular weight excluding hydrogens is 281 g/mol. The molecule has 0 heterocycles. The molecule has 1 aromatic carbocycles. The minimum Gasteiger partial charge on any atom is -0.744 e. The molecule has 92 valence electrons. The third kappa shape index (κ3) is 13.8. The van der Waals surface area contributed by atoms with Gasteiger partial charge in [0, 0.05) is 5.41 Å². The van der Waals surface area contributed by atoms with Gasteiger partial charge in [0.2, 0.25) is 5.91 Å². The van der Waals surface area contributed by atoms with E-state index in [0.717, 1.165) is 6.08 Å². The molecule has 18 heavy (non-hydrogen) atoms. The number of amides is 1. The van der Waals surface area contributed by atoms with Crippen molar-refractivity contribution in [3.05, 3.63) is 54.0 Å². The van der Waals surface area contributed by atoms with Crippen LogP contribution in [0.15, 0.2) is 48.4 Å². The van der Waals surface area contributed by atoms with Crippen molar-refractivity contribution >= 4 is 22.1 Å². The van der Waals surface area contributed by atoms with Crippen molar-refractivity contribution in [3.63, 3.8) is 0 Å². The van der Waals surface area contributed by atoms with E-state index < -0.39 is 16.0 Å². The number of rotatable bonds is 3. The second kappa shape index (κ2) is 10.6. The van der Waals surface area contributed by atoms with Gasteiger partial charge in [-0.15, -0.1) is 0 Å². The molecule has 0 saturated heterocycles. The Bertz CT molecular complexity index is 497. The number of carbonyl (C=O) groups excluding carboxylic acids is 1. The molecule has 1 aromatic rings. The summed E-state index contributed by atoms with van der Waals surface area (Å²) in [7, 11) is -4.25. The summed E-state index contributed by atoms with van der Waals surface area (Å²) < 4.78 is 30.5. The van der Waals surface area contributed by atoms with Crippen LogP contribution < -0.4 is 57.1 Å². The van der Waals surface area contributed by atoms with Gasteiger partial charge in [-0.3, -0.25) is 4.79 Å².